The molecule has 1 aliphatic carbocycles. The molecule has 0 saturated heterocycles. The summed E-state index contributed by atoms with van der Waals surface area (Å²) >= 11 is 0. The van der Waals surface area contributed by atoms with Crippen LogP contribution in [0.3, 0.4) is 0 Å². The van der Waals surface area contributed by atoms with Crippen LogP contribution in [0.15, 0.2) is 41.7 Å². The summed E-state index contributed by atoms with van der Waals surface area (Å²) in [4.78, 5) is 23.3. The fourth-order valence-corrected chi connectivity index (χ4v) is 7.95. The molecule has 0 radical (unpaired) electrons. The molecule has 0 amide bonds. The molecule has 1 saturated carbocycles. The minimum absolute atomic E-state index is 0.154. The first-order valence-corrected chi connectivity index (χ1v) is 17.3. The lowest BCUT2D eigenvalue weighted by Gasteiger charge is -2.42. The van der Waals surface area contributed by atoms with Crippen LogP contribution >= 0.6 is 10.8 Å². The average molecular weight is 685 g/mol. The monoisotopic (exact) mass is 684 g/mol. The highest BCUT2D eigenvalue weighted by atomic mass is 32.3. The second kappa shape index (κ2) is 11.7. The molecule has 11 nitrogen and oxygen atoms in total. The lowest BCUT2D eigenvalue weighted by atomic mass is 9.71. The minimum Gasteiger partial charge on any atom is -0.468 e. The van der Waals surface area contributed by atoms with E-state index in [2.05, 4.69) is 15.2 Å². The average Bonchev–Trinajstić information content (AvgIpc) is 3.61. The number of halogens is 2. The second-order valence-corrected chi connectivity index (χ2v) is 16.6. The summed E-state index contributed by atoms with van der Waals surface area (Å²) in [5, 5.41) is 7.78. The van der Waals surface area contributed by atoms with Crippen LogP contribution in [0.5, 0.6) is 5.88 Å². The molecule has 48 heavy (non-hydrogen) atoms. The molecular weight excluding hydrogens is 642 g/mol. The highest BCUT2D eigenvalue weighted by Gasteiger charge is 2.53. The van der Waals surface area contributed by atoms with E-state index < -0.39 is 51.5 Å². The highest BCUT2D eigenvalue weighted by Crippen LogP contribution is 2.61. The fourth-order valence-electron chi connectivity index (χ4n) is 6.26. The van der Waals surface area contributed by atoms with Crippen molar-refractivity contribution in [2.24, 2.45) is 5.41 Å². The van der Waals surface area contributed by atoms with Gasteiger partial charge in [0.05, 0.1) is 12.0 Å². The van der Waals surface area contributed by atoms with E-state index in [1.807, 2.05) is 19.9 Å². The molecule has 0 bridgehead atoms. The molecule has 258 valence electrons. The molecule has 14 heteroatoms. The highest BCUT2D eigenvalue weighted by molar-refractivity contribution is 8.22. The normalized spacial score (nSPS) is 18.7. The van der Waals surface area contributed by atoms with Gasteiger partial charge in [-0.15, -0.1) is 21.0 Å². The molecule has 1 spiro atoms. The summed E-state index contributed by atoms with van der Waals surface area (Å²) in [7, 11) is -3.50. The van der Waals surface area contributed by atoms with Crippen molar-refractivity contribution < 1.29 is 32.2 Å². The number of rotatable bonds is 7. The SMILES string of the molecule is Cc1cnc2c(c1)S(O)(O)N(Cc1cc(C(c3ccn4c(C(F)F)nnc4c3C)C(C)(C)C(=O)OC(C)(C)C)ncc1C)CC1(CC1)O2. The van der Waals surface area contributed by atoms with E-state index in [0.717, 1.165) is 29.5 Å². The van der Waals surface area contributed by atoms with Crippen molar-refractivity contribution in [1.29, 1.82) is 0 Å². The molecule has 1 fully saturated rings. The smallest absolute Gasteiger partial charge is 0.313 e. The topological polar surface area (TPSA) is 135 Å². The number of hydrogen-bond donors (Lipinski definition) is 2. The summed E-state index contributed by atoms with van der Waals surface area (Å²) in [5.41, 5.74) is 1.81. The largest absolute Gasteiger partial charge is 0.468 e. The summed E-state index contributed by atoms with van der Waals surface area (Å²) in [6.07, 6.45) is 3.55. The van der Waals surface area contributed by atoms with Crippen LogP contribution < -0.4 is 4.74 Å². The number of carbonyl (C=O) groups is 1. The number of pyridine rings is 3. The first kappa shape index (κ1) is 34.2. The van der Waals surface area contributed by atoms with Crippen LogP contribution in [0.2, 0.25) is 0 Å². The molecule has 2 aliphatic rings. The number of ether oxygens (including phenoxy) is 2. The van der Waals surface area contributed by atoms with Crippen molar-refractivity contribution in [3.8, 4) is 5.88 Å². The zero-order valence-electron chi connectivity index (χ0n) is 28.4. The number of aromatic nitrogens is 5. The van der Waals surface area contributed by atoms with Crippen molar-refractivity contribution in [3.05, 3.63) is 76.1 Å². The van der Waals surface area contributed by atoms with Gasteiger partial charge in [0.2, 0.25) is 11.7 Å². The van der Waals surface area contributed by atoms with Gasteiger partial charge in [-0.25, -0.2) is 13.8 Å². The molecule has 0 aromatic carbocycles. The Labute approximate surface area is 280 Å². The van der Waals surface area contributed by atoms with Crippen molar-refractivity contribution >= 4 is 22.4 Å². The van der Waals surface area contributed by atoms with Gasteiger partial charge in [0.15, 0.2) is 5.65 Å². The maximum Gasteiger partial charge on any atom is 0.313 e. The third kappa shape index (κ3) is 6.14. The Bertz CT molecular complexity index is 1900. The molecule has 5 heterocycles. The summed E-state index contributed by atoms with van der Waals surface area (Å²) in [6, 6.07) is 5.28. The van der Waals surface area contributed by atoms with Crippen LogP contribution in [-0.4, -0.2) is 61.7 Å². The fraction of sp³-hybridized carbons (Fsp3) is 0.500. The predicted molar refractivity (Wildman–Crippen MR) is 176 cm³/mol. The van der Waals surface area contributed by atoms with E-state index >= 15 is 0 Å². The molecule has 4 aromatic heterocycles. The number of hydrogen-bond acceptors (Lipinski definition) is 10. The Morgan fingerprint density at radius 1 is 1.08 bits per heavy atom. The molecule has 4 aromatic rings. The Morgan fingerprint density at radius 3 is 2.44 bits per heavy atom. The lowest BCUT2D eigenvalue weighted by Crippen LogP contribution is -2.39. The first-order chi connectivity index (χ1) is 22.3. The number of fused-ring (bicyclic) bond motifs is 2. The van der Waals surface area contributed by atoms with Crippen LogP contribution in [0.1, 0.15) is 99.1 Å². The van der Waals surface area contributed by atoms with Crippen molar-refractivity contribution in [3.63, 3.8) is 0 Å². The Morgan fingerprint density at radius 2 is 1.79 bits per heavy atom. The first-order valence-electron chi connectivity index (χ1n) is 15.8. The summed E-state index contributed by atoms with van der Waals surface area (Å²) < 4.78 is 66.0. The van der Waals surface area contributed by atoms with E-state index in [9.17, 15) is 22.7 Å². The molecule has 1 atom stereocenters. The maximum atomic E-state index is 13.9. The predicted octanol–water partition coefficient (Wildman–Crippen LogP) is 7.33. The molecule has 1 unspecified atom stereocenters. The van der Waals surface area contributed by atoms with Gasteiger partial charge in [0.25, 0.3) is 6.43 Å². The second-order valence-electron chi connectivity index (χ2n) is 14.6. The van der Waals surface area contributed by atoms with Gasteiger partial charge >= 0.3 is 5.97 Å². The van der Waals surface area contributed by atoms with Gasteiger partial charge < -0.3 is 9.47 Å². The van der Waals surface area contributed by atoms with E-state index in [1.165, 1.54) is 10.6 Å². The van der Waals surface area contributed by atoms with Gasteiger partial charge in [-0.3, -0.25) is 23.3 Å². The van der Waals surface area contributed by atoms with Crippen molar-refractivity contribution in [1.82, 2.24) is 28.9 Å². The van der Waals surface area contributed by atoms with Gasteiger partial charge in [0, 0.05) is 36.7 Å². The van der Waals surface area contributed by atoms with Gasteiger partial charge in [-0.2, -0.15) is 4.31 Å². The quantitative estimate of drug-likeness (QED) is 0.191. The van der Waals surface area contributed by atoms with E-state index in [4.69, 9.17) is 14.5 Å². The van der Waals surface area contributed by atoms with Crippen LogP contribution in [0, 0.1) is 26.2 Å². The maximum absolute atomic E-state index is 13.9. The van der Waals surface area contributed by atoms with Crippen LogP contribution in [0.25, 0.3) is 5.65 Å². The number of carbonyl (C=O) groups excluding carboxylic acids is 1. The van der Waals surface area contributed by atoms with Crippen molar-refractivity contribution in [2.45, 2.75) is 103 Å². The third-order valence-corrected chi connectivity index (χ3v) is 11.0. The molecule has 6 rings (SSSR count). The zero-order chi connectivity index (χ0) is 35.0. The number of esters is 1. The van der Waals surface area contributed by atoms with E-state index in [1.54, 1.807) is 70.4 Å². The lowest BCUT2D eigenvalue weighted by molar-refractivity contribution is -0.166. The zero-order valence-corrected chi connectivity index (χ0v) is 29.2. The number of nitrogens with zero attached hydrogens (tertiary/aromatic N) is 6. The van der Waals surface area contributed by atoms with E-state index in [0.29, 0.717) is 16.8 Å². The number of alkyl halides is 2. The summed E-state index contributed by atoms with van der Waals surface area (Å²) in [6.45, 7) is 14.9. The third-order valence-electron chi connectivity index (χ3n) is 9.12. The van der Waals surface area contributed by atoms with Crippen LogP contribution in [0.4, 0.5) is 8.78 Å². The van der Waals surface area contributed by atoms with Gasteiger partial charge in [-0.05, 0) is 114 Å². The Hall–Kier alpha value is -3.72. The Balaban J connectivity index is 1.46. The standard InChI is InChI=1S/C34H42F2N6O5S/c1-19-13-25-30(38-15-19)46-34(10-11-34)18-41(48(25,44)45)17-22-14-24(37-16-20(22)2)26(33(7,8)31(43)47-32(4,5)6)23-9-12-42-28(21(23)3)39-40-29(42)27(35)36/h9,12-16,26-27,44-45H,10-11,17-18H2,1-8H3. The number of aryl methyl sites for hydroxylation is 3. The summed E-state index contributed by atoms with van der Waals surface area (Å²) in [5.74, 6) is -1.41. The Kier molecular flexibility index (Phi) is 8.33. The van der Waals surface area contributed by atoms with Crippen molar-refractivity contribution in [2.75, 3.05) is 6.54 Å². The molecular formula is C34H42F2N6O5S. The molecule has 1 aliphatic heterocycles. The minimum atomic E-state index is -3.50. The van der Waals surface area contributed by atoms with Gasteiger partial charge in [-0.1, -0.05) is 0 Å². The van der Waals surface area contributed by atoms with Crippen LogP contribution in [-0.2, 0) is 16.1 Å². The van der Waals surface area contributed by atoms with E-state index in [-0.39, 0.29) is 29.5 Å². The van der Waals surface area contributed by atoms with Gasteiger partial charge in [0.1, 0.15) is 16.1 Å². The molecule has 2 N–H and O–H groups in total.